The Morgan fingerprint density at radius 3 is 2.58 bits per heavy atom. The highest BCUT2D eigenvalue weighted by atomic mass is 127. The molecular weight excluding hydrogens is 511 g/mol. The summed E-state index contributed by atoms with van der Waals surface area (Å²) in [5.41, 5.74) is 2.27. The first-order valence-corrected chi connectivity index (χ1v) is 10.3. The van der Waals surface area contributed by atoms with E-state index in [2.05, 4.69) is 27.6 Å². The number of para-hydroxylation sites is 1. The zero-order valence-electron chi connectivity index (χ0n) is 16.0. The maximum Gasteiger partial charge on any atom is 0.363 e. The van der Waals surface area contributed by atoms with Gasteiger partial charge in [0.05, 0.1) is 4.92 Å². The number of non-ortho nitro benzene ring substituents is 1. The molecule has 0 radical (unpaired) electrons. The lowest BCUT2D eigenvalue weighted by Gasteiger charge is -2.09. The van der Waals surface area contributed by atoms with Gasteiger partial charge in [0.15, 0.2) is 5.70 Å². The van der Waals surface area contributed by atoms with Crippen molar-refractivity contribution in [3.05, 3.63) is 109 Å². The molecule has 1 heterocycles. The van der Waals surface area contributed by atoms with Crippen LogP contribution in [0.4, 0.5) is 5.69 Å². The maximum atomic E-state index is 12.3. The largest absolute Gasteiger partial charge is 0.488 e. The molecule has 0 fully saturated rings. The number of nitro groups is 1. The Morgan fingerprint density at radius 1 is 1.06 bits per heavy atom. The summed E-state index contributed by atoms with van der Waals surface area (Å²) in [6.45, 7) is 0.388. The molecule has 0 aromatic heterocycles. The summed E-state index contributed by atoms with van der Waals surface area (Å²) < 4.78 is 12.3. The number of esters is 1. The molecule has 0 amide bonds. The molecule has 0 saturated carbocycles. The lowest BCUT2D eigenvalue weighted by atomic mass is 10.1. The third-order valence-corrected chi connectivity index (χ3v) is 5.11. The van der Waals surface area contributed by atoms with Crippen LogP contribution in [0.15, 0.2) is 83.5 Å². The van der Waals surface area contributed by atoms with Crippen molar-refractivity contribution < 1.29 is 19.2 Å². The first-order valence-electron chi connectivity index (χ1n) is 9.23. The average Bonchev–Trinajstić information content (AvgIpc) is 3.13. The SMILES string of the molecule is O=C1OC(c2ccc([N+](=O)[O-])cc2)=N/C1=C\c1ccccc1OCc1cccc(I)c1. The van der Waals surface area contributed by atoms with Crippen molar-refractivity contribution in [1.82, 2.24) is 0 Å². The number of aliphatic imine (C=N–C) groups is 1. The molecule has 8 heteroatoms. The molecule has 1 aliphatic heterocycles. The van der Waals surface area contributed by atoms with Crippen molar-refractivity contribution >= 4 is 46.2 Å². The lowest BCUT2D eigenvalue weighted by molar-refractivity contribution is -0.384. The van der Waals surface area contributed by atoms with Crippen molar-refractivity contribution in [3.8, 4) is 5.75 Å². The molecule has 31 heavy (non-hydrogen) atoms. The molecule has 0 unspecified atom stereocenters. The standard InChI is InChI=1S/C23H15IN2O5/c24-18-6-3-4-15(12-18)14-30-21-7-2-1-5-17(21)13-20-23(27)31-22(25-20)16-8-10-19(11-9-16)26(28)29/h1-13H,14H2/b20-13-. The Morgan fingerprint density at radius 2 is 1.84 bits per heavy atom. The number of ether oxygens (including phenoxy) is 2. The number of carbonyl (C=O) groups excluding carboxylic acids is 1. The molecular formula is C23H15IN2O5. The molecule has 3 aromatic rings. The van der Waals surface area contributed by atoms with Gasteiger partial charge in [0.25, 0.3) is 5.69 Å². The van der Waals surface area contributed by atoms with Crippen molar-refractivity contribution in [2.24, 2.45) is 4.99 Å². The Bertz CT molecular complexity index is 1220. The molecule has 7 nitrogen and oxygen atoms in total. The molecule has 0 spiro atoms. The molecule has 0 aliphatic carbocycles. The fraction of sp³-hybridized carbons (Fsp3) is 0.0435. The number of carbonyl (C=O) groups is 1. The van der Waals surface area contributed by atoms with Crippen LogP contribution < -0.4 is 4.74 Å². The lowest BCUT2D eigenvalue weighted by Crippen LogP contribution is -2.05. The normalized spacial score (nSPS) is 14.3. The van der Waals surface area contributed by atoms with E-state index >= 15 is 0 Å². The molecule has 0 N–H and O–H groups in total. The molecule has 0 saturated heterocycles. The van der Waals surface area contributed by atoms with Gasteiger partial charge >= 0.3 is 5.97 Å². The van der Waals surface area contributed by atoms with Crippen LogP contribution in [0.5, 0.6) is 5.75 Å². The average molecular weight is 526 g/mol. The second kappa shape index (κ2) is 9.09. The summed E-state index contributed by atoms with van der Waals surface area (Å²) in [6.07, 6.45) is 1.60. The Kier molecular flexibility index (Phi) is 6.08. The van der Waals surface area contributed by atoms with Crippen LogP contribution in [0, 0.1) is 13.7 Å². The minimum Gasteiger partial charge on any atom is -0.488 e. The van der Waals surface area contributed by atoms with Crippen LogP contribution in [0.2, 0.25) is 0 Å². The predicted octanol–water partition coefficient (Wildman–Crippen LogP) is 5.12. The molecule has 1 aliphatic rings. The predicted molar refractivity (Wildman–Crippen MR) is 124 cm³/mol. The third kappa shape index (κ3) is 4.97. The van der Waals surface area contributed by atoms with Crippen LogP contribution in [0.3, 0.4) is 0 Å². The van der Waals surface area contributed by atoms with Gasteiger partial charge in [0.2, 0.25) is 5.90 Å². The van der Waals surface area contributed by atoms with Gasteiger partial charge in [-0.3, -0.25) is 10.1 Å². The van der Waals surface area contributed by atoms with Crippen LogP contribution in [-0.2, 0) is 16.1 Å². The van der Waals surface area contributed by atoms with Crippen molar-refractivity contribution in [1.29, 1.82) is 0 Å². The van der Waals surface area contributed by atoms with Gasteiger partial charge < -0.3 is 9.47 Å². The summed E-state index contributed by atoms with van der Waals surface area (Å²) in [5.74, 6) is 0.116. The number of hydrogen-bond acceptors (Lipinski definition) is 6. The first-order chi connectivity index (χ1) is 15.0. The summed E-state index contributed by atoms with van der Waals surface area (Å²) in [6, 6.07) is 21.0. The van der Waals surface area contributed by atoms with Gasteiger partial charge in [0, 0.05) is 26.8 Å². The number of benzene rings is 3. The van der Waals surface area contributed by atoms with Gasteiger partial charge in [-0.15, -0.1) is 0 Å². The van der Waals surface area contributed by atoms with E-state index in [0.29, 0.717) is 23.5 Å². The van der Waals surface area contributed by atoms with Crippen LogP contribution >= 0.6 is 22.6 Å². The highest BCUT2D eigenvalue weighted by molar-refractivity contribution is 14.1. The van der Waals surface area contributed by atoms with E-state index in [4.69, 9.17) is 9.47 Å². The number of hydrogen-bond donors (Lipinski definition) is 0. The van der Waals surface area contributed by atoms with Gasteiger partial charge in [-0.2, -0.15) is 0 Å². The van der Waals surface area contributed by atoms with E-state index < -0.39 is 10.9 Å². The molecule has 0 atom stereocenters. The first kappa shape index (κ1) is 20.7. The number of rotatable bonds is 6. The van der Waals surface area contributed by atoms with E-state index in [-0.39, 0.29) is 17.3 Å². The summed E-state index contributed by atoms with van der Waals surface area (Å²) in [7, 11) is 0. The van der Waals surface area contributed by atoms with Gasteiger partial charge in [0.1, 0.15) is 12.4 Å². The second-order valence-electron chi connectivity index (χ2n) is 6.60. The number of nitrogens with zero attached hydrogens (tertiary/aromatic N) is 2. The van der Waals surface area contributed by atoms with Crippen molar-refractivity contribution in [2.45, 2.75) is 6.61 Å². The van der Waals surface area contributed by atoms with Gasteiger partial charge in [-0.05, 0) is 64.6 Å². The van der Waals surface area contributed by atoms with Crippen molar-refractivity contribution in [3.63, 3.8) is 0 Å². The van der Waals surface area contributed by atoms with Crippen molar-refractivity contribution in [2.75, 3.05) is 0 Å². The summed E-state index contributed by atoms with van der Waals surface area (Å²) in [5, 5.41) is 10.8. The minimum atomic E-state index is -0.597. The van der Waals surface area contributed by atoms with Gasteiger partial charge in [-0.1, -0.05) is 30.3 Å². The van der Waals surface area contributed by atoms with E-state index in [0.717, 1.165) is 9.13 Å². The summed E-state index contributed by atoms with van der Waals surface area (Å²) >= 11 is 2.25. The monoisotopic (exact) mass is 526 g/mol. The Hall–Kier alpha value is -3.53. The highest BCUT2D eigenvalue weighted by Crippen LogP contribution is 2.26. The van der Waals surface area contributed by atoms with Crippen LogP contribution in [-0.4, -0.2) is 16.8 Å². The van der Waals surface area contributed by atoms with E-state index in [1.807, 2.05) is 48.5 Å². The Balaban J connectivity index is 1.56. The third-order valence-electron chi connectivity index (χ3n) is 4.44. The van der Waals surface area contributed by atoms with Crippen LogP contribution in [0.1, 0.15) is 16.7 Å². The van der Waals surface area contributed by atoms with Crippen LogP contribution in [0.25, 0.3) is 6.08 Å². The number of cyclic esters (lactones) is 1. The summed E-state index contributed by atoms with van der Waals surface area (Å²) in [4.78, 5) is 26.9. The maximum absolute atomic E-state index is 12.3. The Labute approximate surface area is 191 Å². The molecule has 0 bridgehead atoms. The molecule has 3 aromatic carbocycles. The highest BCUT2D eigenvalue weighted by Gasteiger charge is 2.25. The van der Waals surface area contributed by atoms with E-state index in [9.17, 15) is 14.9 Å². The fourth-order valence-corrected chi connectivity index (χ4v) is 3.53. The molecule has 4 rings (SSSR count). The smallest absolute Gasteiger partial charge is 0.363 e. The molecule has 154 valence electrons. The topological polar surface area (TPSA) is 91.0 Å². The van der Waals surface area contributed by atoms with E-state index in [1.165, 1.54) is 24.3 Å². The number of halogens is 1. The minimum absolute atomic E-state index is 0.0522. The van der Waals surface area contributed by atoms with Gasteiger partial charge in [-0.25, -0.2) is 9.79 Å². The number of nitro benzene ring substituents is 1. The zero-order valence-corrected chi connectivity index (χ0v) is 18.2. The second-order valence-corrected chi connectivity index (χ2v) is 7.84. The fourth-order valence-electron chi connectivity index (χ4n) is 2.92. The zero-order chi connectivity index (χ0) is 21.8. The quantitative estimate of drug-likeness (QED) is 0.146. The van der Waals surface area contributed by atoms with E-state index in [1.54, 1.807) is 6.08 Å².